The molecule has 2 bridgehead atoms. The Balaban J connectivity index is 1.21. The molecule has 0 N–H and O–H groups in total. The van der Waals surface area contributed by atoms with E-state index in [1.807, 2.05) is 12.4 Å². The van der Waals surface area contributed by atoms with E-state index in [0.29, 0.717) is 25.0 Å². The number of hydrogen-bond acceptors (Lipinski definition) is 4. The van der Waals surface area contributed by atoms with E-state index in [0.717, 1.165) is 38.5 Å². The summed E-state index contributed by atoms with van der Waals surface area (Å²) in [6.07, 6.45) is 18.4. The van der Waals surface area contributed by atoms with Crippen LogP contribution in [0.25, 0.3) is 10.8 Å². The number of nitrogens with zero attached hydrogens (tertiary/aromatic N) is 1. The van der Waals surface area contributed by atoms with Gasteiger partial charge < -0.3 is 14.2 Å². The average Bonchev–Trinajstić information content (AvgIpc) is 3.39. The molecule has 184 valence electrons. The predicted octanol–water partition coefficient (Wildman–Crippen LogP) is 6.51. The SMILES string of the molecule is COCCO[C@@H]1CCC2=CC3=CC[C@@]4(C)C(c5ccc6ccncc6c5)CC[C@H]4[C@@]34CC[C@]2(C1)O4. The summed E-state index contributed by atoms with van der Waals surface area (Å²) in [5.74, 6) is 1.13. The van der Waals surface area contributed by atoms with Gasteiger partial charge in [0.15, 0.2) is 0 Å². The van der Waals surface area contributed by atoms with Gasteiger partial charge >= 0.3 is 0 Å². The molecule has 1 aromatic carbocycles. The molecule has 35 heavy (non-hydrogen) atoms. The van der Waals surface area contributed by atoms with E-state index >= 15 is 0 Å². The number of rotatable bonds is 5. The molecule has 3 fully saturated rings. The molecular weight excluding hydrogens is 434 g/mol. The fourth-order valence-corrected chi connectivity index (χ4v) is 8.67. The first-order valence-electron chi connectivity index (χ1n) is 13.6. The summed E-state index contributed by atoms with van der Waals surface area (Å²) in [6.45, 7) is 3.89. The largest absolute Gasteiger partial charge is 0.382 e. The van der Waals surface area contributed by atoms with Gasteiger partial charge in [0, 0.05) is 31.3 Å². The number of allylic oxidation sites excluding steroid dienone is 1. The fourth-order valence-electron chi connectivity index (χ4n) is 8.67. The molecule has 2 aliphatic heterocycles. The molecule has 7 rings (SSSR count). The van der Waals surface area contributed by atoms with Crippen LogP contribution in [0.4, 0.5) is 0 Å². The van der Waals surface area contributed by atoms with E-state index in [-0.39, 0.29) is 22.7 Å². The zero-order chi connectivity index (χ0) is 23.7. The van der Waals surface area contributed by atoms with Gasteiger partial charge in [-0.3, -0.25) is 4.98 Å². The summed E-state index contributed by atoms with van der Waals surface area (Å²) in [5.41, 5.74) is 4.50. The van der Waals surface area contributed by atoms with Gasteiger partial charge in [-0.25, -0.2) is 0 Å². The highest BCUT2D eigenvalue weighted by atomic mass is 16.5. The molecule has 3 aliphatic carbocycles. The van der Waals surface area contributed by atoms with Gasteiger partial charge in [0.2, 0.25) is 0 Å². The third-order valence-electron chi connectivity index (χ3n) is 10.3. The molecule has 2 spiro atoms. The van der Waals surface area contributed by atoms with Crippen molar-refractivity contribution in [2.75, 3.05) is 20.3 Å². The van der Waals surface area contributed by atoms with Crippen molar-refractivity contribution < 1.29 is 14.2 Å². The molecule has 1 unspecified atom stereocenters. The lowest BCUT2D eigenvalue weighted by Gasteiger charge is -2.54. The number of aromatic nitrogens is 1. The average molecular weight is 472 g/mol. The molecule has 3 heterocycles. The molecule has 2 aromatic rings. The fraction of sp³-hybridized carbons (Fsp3) is 0.581. The molecule has 2 saturated carbocycles. The summed E-state index contributed by atoms with van der Waals surface area (Å²) in [5, 5.41) is 2.53. The van der Waals surface area contributed by atoms with Gasteiger partial charge in [-0.1, -0.05) is 31.2 Å². The van der Waals surface area contributed by atoms with Crippen LogP contribution in [0.15, 0.2) is 60.0 Å². The maximum atomic E-state index is 7.39. The van der Waals surface area contributed by atoms with Gasteiger partial charge in [-0.15, -0.1) is 0 Å². The van der Waals surface area contributed by atoms with Gasteiger partial charge in [0.1, 0.15) is 0 Å². The number of hydrogen-bond donors (Lipinski definition) is 0. The monoisotopic (exact) mass is 471 g/mol. The van der Waals surface area contributed by atoms with Gasteiger partial charge in [-0.05, 0) is 96.4 Å². The lowest BCUT2D eigenvalue weighted by Crippen LogP contribution is -2.54. The first kappa shape index (κ1) is 22.2. The Morgan fingerprint density at radius 1 is 1.09 bits per heavy atom. The van der Waals surface area contributed by atoms with Crippen LogP contribution in [-0.4, -0.2) is 42.6 Å². The van der Waals surface area contributed by atoms with Crippen LogP contribution in [0.2, 0.25) is 0 Å². The Hall–Kier alpha value is -2.01. The first-order chi connectivity index (χ1) is 17.1. The van der Waals surface area contributed by atoms with Crippen LogP contribution in [-0.2, 0) is 14.2 Å². The van der Waals surface area contributed by atoms with Crippen LogP contribution in [0, 0.1) is 11.3 Å². The number of benzene rings is 1. The van der Waals surface area contributed by atoms with E-state index in [4.69, 9.17) is 14.2 Å². The Morgan fingerprint density at radius 3 is 2.94 bits per heavy atom. The molecule has 5 aliphatic rings. The quantitative estimate of drug-likeness (QED) is 0.466. The summed E-state index contributed by atoms with van der Waals surface area (Å²) in [4.78, 5) is 4.38. The zero-order valence-corrected chi connectivity index (χ0v) is 21.1. The molecule has 0 amide bonds. The van der Waals surface area contributed by atoms with E-state index in [2.05, 4.69) is 48.3 Å². The summed E-state index contributed by atoms with van der Waals surface area (Å²) in [7, 11) is 1.74. The highest BCUT2D eigenvalue weighted by Gasteiger charge is 2.66. The second kappa shape index (κ2) is 7.99. The van der Waals surface area contributed by atoms with E-state index < -0.39 is 0 Å². The standard InChI is InChI=1S/C31H37NO3/c1-29-11-9-25-18-24-5-6-26(34-16-15-33-2)19-30(24)12-13-31(25,35-30)28(29)8-7-27(29)22-4-3-21-10-14-32-20-23(21)17-22/h3-4,9-10,14,17-18,20,26-28H,5-8,11-13,15-16,19H2,1-2H3/t26-,27?,28-,29+,30-,31-/m1/s1. The minimum Gasteiger partial charge on any atom is -0.382 e. The minimum atomic E-state index is -0.113. The van der Waals surface area contributed by atoms with Crippen LogP contribution in [0.1, 0.15) is 69.8 Å². The second-order valence-corrected chi connectivity index (χ2v) is 11.9. The highest BCUT2D eigenvalue weighted by Crippen LogP contribution is 2.69. The number of pyridine rings is 1. The Kier molecular flexibility index (Phi) is 5.07. The van der Waals surface area contributed by atoms with Gasteiger partial charge in [-0.2, -0.15) is 0 Å². The molecule has 4 nitrogen and oxygen atoms in total. The normalized spacial score (nSPS) is 39.5. The molecule has 4 heteroatoms. The number of fused-ring (bicyclic) bond motifs is 2. The number of ether oxygens (including phenoxy) is 3. The minimum absolute atomic E-state index is 0.113. The van der Waals surface area contributed by atoms with Crippen LogP contribution >= 0.6 is 0 Å². The summed E-state index contributed by atoms with van der Waals surface area (Å²) in [6, 6.07) is 9.17. The zero-order valence-electron chi connectivity index (χ0n) is 21.1. The van der Waals surface area contributed by atoms with Gasteiger partial charge in [0.25, 0.3) is 0 Å². The molecule has 0 radical (unpaired) electrons. The van der Waals surface area contributed by atoms with Crippen molar-refractivity contribution >= 4 is 10.8 Å². The van der Waals surface area contributed by atoms with Crippen molar-refractivity contribution in [3.05, 3.63) is 65.5 Å². The lowest BCUT2D eigenvalue weighted by molar-refractivity contribution is -0.150. The first-order valence-corrected chi connectivity index (χ1v) is 13.6. The topological polar surface area (TPSA) is 40.6 Å². The summed E-state index contributed by atoms with van der Waals surface area (Å²) < 4.78 is 18.8. The third kappa shape index (κ3) is 3.19. The Bertz CT molecular complexity index is 1220. The van der Waals surface area contributed by atoms with Crippen molar-refractivity contribution in [1.82, 2.24) is 4.98 Å². The van der Waals surface area contributed by atoms with Crippen LogP contribution in [0.3, 0.4) is 0 Å². The predicted molar refractivity (Wildman–Crippen MR) is 137 cm³/mol. The third-order valence-corrected chi connectivity index (χ3v) is 10.3. The highest BCUT2D eigenvalue weighted by molar-refractivity contribution is 5.82. The molecule has 6 atom stereocenters. The Morgan fingerprint density at radius 2 is 2.03 bits per heavy atom. The second-order valence-electron chi connectivity index (χ2n) is 11.9. The van der Waals surface area contributed by atoms with Gasteiger partial charge in [0.05, 0.1) is 30.5 Å². The van der Waals surface area contributed by atoms with Crippen molar-refractivity contribution in [2.24, 2.45) is 11.3 Å². The van der Waals surface area contributed by atoms with E-state index in [9.17, 15) is 0 Å². The van der Waals surface area contributed by atoms with Crippen LogP contribution < -0.4 is 0 Å². The molecule has 1 saturated heterocycles. The van der Waals surface area contributed by atoms with Crippen molar-refractivity contribution in [3.63, 3.8) is 0 Å². The Labute approximate surface area is 208 Å². The van der Waals surface area contributed by atoms with Crippen molar-refractivity contribution in [1.29, 1.82) is 0 Å². The maximum Gasteiger partial charge on any atom is 0.0974 e. The van der Waals surface area contributed by atoms with E-state index in [1.54, 1.807) is 7.11 Å². The van der Waals surface area contributed by atoms with Crippen LogP contribution in [0.5, 0.6) is 0 Å². The van der Waals surface area contributed by atoms with Crippen molar-refractivity contribution in [2.45, 2.75) is 81.5 Å². The molecular formula is C31H37NO3. The van der Waals surface area contributed by atoms with E-state index in [1.165, 1.54) is 40.3 Å². The number of methoxy groups -OCH3 is 1. The molecule has 1 aromatic heterocycles. The lowest BCUT2D eigenvalue weighted by atomic mass is 9.58. The smallest absolute Gasteiger partial charge is 0.0974 e. The maximum absolute atomic E-state index is 7.39. The summed E-state index contributed by atoms with van der Waals surface area (Å²) >= 11 is 0. The van der Waals surface area contributed by atoms with Crippen molar-refractivity contribution in [3.8, 4) is 0 Å².